The number of aromatic amines is 1. The molecule has 0 spiro atoms. The fraction of sp³-hybridized carbons (Fsp3) is 0.273. The highest BCUT2D eigenvalue weighted by molar-refractivity contribution is 7.98. The Kier molecular flexibility index (Phi) is 3.98. The van der Waals surface area contributed by atoms with Crippen LogP contribution in [0.4, 0.5) is 13.2 Å². The number of aromatic nitrogens is 3. The maximum Gasteiger partial charge on any atom is 0.422 e. The van der Waals surface area contributed by atoms with E-state index < -0.39 is 12.8 Å². The minimum Gasteiger partial charge on any atom is -0.484 e. The molecule has 0 aliphatic rings. The second-order valence-corrected chi connectivity index (χ2v) is 4.38. The monoisotopic (exact) mass is 289 g/mol. The van der Waals surface area contributed by atoms with Crippen LogP contribution in [0.5, 0.6) is 5.75 Å². The molecular formula is C11H10F3N3OS. The Morgan fingerprint density at radius 3 is 2.79 bits per heavy atom. The zero-order chi connectivity index (χ0) is 13.9. The third-order valence-electron chi connectivity index (χ3n) is 2.16. The standard InChI is InChI=1S/C11H10F3N3OS/c1-19-10-16-5-9(17-10)8-4-7(2-3-15-8)18-6-11(12,13)14/h2-5H,6H2,1H3,(H,16,17). The van der Waals surface area contributed by atoms with Crippen molar-refractivity contribution in [2.75, 3.05) is 12.9 Å². The molecule has 0 saturated carbocycles. The van der Waals surface area contributed by atoms with Crippen LogP contribution in [0, 0.1) is 0 Å². The van der Waals surface area contributed by atoms with Crippen LogP contribution in [0.3, 0.4) is 0 Å². The lowest BCUT2D eigenvalue weighted by Crippen LogP contribution is -2.19. The molecular weight excluding hydrogens is 279 g/mol. The Labute approximate surface area is 111 Å². The number of nitrogens with one attached hydrogen (secondary N) is 1. The zero-order valence-corrected chi connectivity index (χ0v) is 10.7. The van der Waals surface area contributed by atoms with Crippen LogP contribution in [-0.4, -0.2) is 34.0 Å². The smallest absolute Gasteiger partial charge is 0.422 e. The normalized spacial score (nSPS) is 11.6. The largest absolute Gasteiger partial charge is 0.484 e. The van der Waals surface area contributed by atoms with Crippen molar-refractivity contribution in [2.24, 2.45) is 0 Å². The summed E-state index contributed by atoms with van der Waals surface area (Å²) in [5.41, 5.74) is 1.11. The van der Waals surface area contributed by atoms with E-state index >= 15 is 0 Å². The molecule has 0 radical (unpaired) electrons. The van der Waals surface area contributed by atoms with E-state index in [1.54, 1.807) is 6.20 Å². The Morgan fingerprint density at radius 1 is 1.37 bits per heavy atom. The summed E-state index contributed by atoms with van der Waals surface area (Å²) < 4.78 is 40.8. The van der Waals surface area contributed by atoms with Gasteiger partial charge in [0.2, 0.25) is 0 Å². The molecule has 2 aromatic rings. The van der Waals surface area contributed by atoms with Gasteiger partial charge in [-0.3, -0.25) is 4.98 Å². The molecule has 0 fully saturated rings. The Hall–Kier alpha value is -1.70. The lowest BCUT2D eigenvalue weighted by atomic mass is 10.3. The molecule has 0 amide bonds. The lowest BCUT2D eigenvalue weighted by molar-refractivity contribution is -0.153. The van der Waals surface area contributed by atoms with Crippen LogP contribution in [0.1, 0.15) is 0 Å². The van der Waals surface area contributed by atoms with Crippen LogP contribution in [0.15, 0.2) is 29.7 Å². The lowest BCUT2D eigenvalue weighted by Gasteiger charge is -2.09. The van der Waals surface area contributed by atoms with Gasteiger partial charge in [0.15, 0.2) is 11.8 Å². The Morgan fingerprint density at radius 2 is 2.16 bits per heavy atom. The van der Waals surface area contributed by atoms with Crippen molar-refractivity contribution < 1.29 is 17.9 Å². The summed E-state index contributed by atoms with van der Waals surface area (Å²) in [7, 11) is 0. The number of H-pyrrole nitrogens is 1. The topological polar surface area (TPSA) is 50.8 Å². The predicted octanol–water partition coefficient (Wildman–Crippen LogP) is 3.13. The van der Waals surface area contributed by atoms with Gasteiger partial charge in [-0.25, -0.2) is 4.98 Å². The van der Waals surface area contributed by atoms with Crippen molar-refractivity contribution in [3.8, 4) is 17.1 Å². The van der Waals surface area contributed by atoms with Gasteiger partial charge in [0, 0.05) is 12.3 Å². The number of hydrogen-bond acceptors (Lipinski definition) is 4. The molecule has 0 atom stereocenters. The average Bonchev–Trinajstić information content (AvgIpc) is 2.85. The number of imidazole rings is 1. The second kappa shape index (κ2) is 5.52. The van der Waals surface area contributed by atoms with Gasteiger partial charge in [-0.15, -0.1) is 0 Å². The van der Waals surface area contributed by atoms with E-state index in [0.717, 1.165) is 0 Å². The molecule has 0 aliphatic heterocycles. The minimum atomic E-state index is -4.36. The summed E-state index contributed by atoms with van der Waals surface area (Å²) in [6, 6.07) is 2.81. The van der Waals surface area contributed by atoms with Gasteiger partial charge < -0.3 is 9.72 Å². The van der Waals surface area contributed by atoms with Crippen molar-refractivity contribution in [1.82, 2.24) is 15.0 Å². The summed E-state index contributed by atoms with van der Waals surface area (Å²) >= 11 is 1.43. The number of thioether (sulfide) groups is 1. The van der Waals surface area contributed by atoms with Crippen LogP contribution < -0.4 is 4.74 Å². The summed E-state index contributed by atoms with van der Waals surface area (Å²) in [5, 5.41) is 0.707. The SMILES string of the molecule is CSc1ncc(-c2cc(OCC(F)(F)F)ccn2)[nH]1. The maximum absolute atomic E-state index is 12.1. The van der Waals surface area contributed by atoms with Crippen molar-refractivity contribution in [2.45, 2.75) is 11.3 Å². The van der Waals surface area contributed by atoms with Crippen LogP contribution in [0.25, 0.3) is 11.4 Å². The molecule has 4 nitrogen and oxygen atoms in total. The third-order valence-corrected chi connectivity index (χ3v) is 2.75. The van der Waals surface area contributed by atoms with E-state index in [-0.39, 0.29) is 5.75 Å². The fourth-order valence-corrected chi connectivity index (χ4v) is 1.72. The number of pyridine rings is 1. The number of alkyl halides is 3. The van der Waals surface area contributed by atoms with E-state index in [9.17, 15) is 13.2 Å². The van der Waals surface area contributed by atoms with E-state index in [4.69, 9.17) is 0 Å². The van der Waals surface area contributed by atoms with E-state index in [1.165, 1.54) is 30.1 Å². The predicted molar refractivity (Wildman–Crippen MR) is 65.1 cm³/mol. The van der Waals surface area contributed by atoms with Crippen molar-refractivity contribution >= 4 is 11.8 Å². The highest BCUT2D eigenvalue weighted by Gasteiger charge is 2.28. The van der Waals surface area contributed by atoms with Crippen LogP contribution in [-0.2, 0) is 0 Å². The summed E-state index contributed by atoms with van der Waals surface area (Å²) in [4.78, 5) is 11.1. The molecule has 102 valence electrons. The van der Waals surface area contributed by atoms with Crippen molar-refractivity contribution in [3.05, 3.63) is 24.5 Å². The number of rotatable bonds is 4. The Balaban J connectivity index is 2.15. The van der Waals surface area contributed by atoms with Gasteiger partial charge in [0.25, 0.3) is 0 Å². The summed E-state index contributed by atoms with van der Waals surface area (Å²) in [6.45, 7) is -1.32. The first kappa shape index (κ1) is 13.7. The number of nitrogens with zero attached hydrogens (tertiary/aromatic N) is 2. The van der Waals surface area contributed by atoms with Gasteiger partial charge in [0.05, 0.1) is 17.6 Å². The van der Waals surface area contributed by atoms with Crippen molar-refractivity contribution in [3.63, 3.8) is 0 Å². The van der Waals surface area contributed by atoms with Gasteiger partial charge in [-0.05, 0) is 12.3 Å². The van der Waals surface area contributed by atoms with Crippen molar-refractivity contribution in [1.29, 1.82) is 0 Å². The Bertz CT molecular complexity index is 556. The zero-order valence-electron chi connectivity index (χ0n) is 9.86. The molecule has 0 aromatic carbocycles. The first-order chi connectivity index (χ1) is 8.98. The molecule has 0 aliphatic carbocycles. The highest BCUT2D eigenvalue weighted by atomic mass is 32.2. The number of hydrogen-bond donors (Lipinski definition) is 1. The molecule has 2 rings (SSSR count). The maximum atomic E-state index is 12.1. The third kappa shape index (κ3) is 3.88. The molecule has 0 saturated heterocycles. The van der Waals surface area contributed by atoms with Crippen LogP contribution in [0.2, 0.25) is 0 Å². The molecule has 19 heavy (non-hydrogen) atoms. The second-order valence-electron chi connectivity index (χ2n) is 3.59. The van der Waals surface area contributed by atoms with E-state index in [2.05, 4.69) is 19.7 Å². The molecule has 1 N–H and O–H groups in total. The first-order valence-corrected chi connectivity index (χ1v) is 6.45. The molecule has 0 bridgehead atoms. The number of ether oxygens (including phenoxy) is 1. The first-order valence-electron chi connectivity index (χ1n) is 5.23. The van der Waals surface area contributed by atoms with E-state index in [1.807, 2.05) is 6.26 Å². The number of halogens is 3. The summed E-state index contributed by atoms with van der Waals surface area (Å²) in [6.07, 6.45) is 0.463. The van der Waals surface area contributed by atoms with Gasteiger partial charge in [-0.1, -0.05) is 11.8 Å². The molecule has 2 aromatic heterocycles. The average molecular weight is 289 g/mol. The summed E-state index contributed by atoms with van der Waals surface area (Å²) in [5.74, 6) is 0.114. The van der Waals surface area contributed by atoms with E-state index in [0.29, 0.717) is 16.5 Å². The molecule has 8 heteroatoms. The minimum absolute atomic E-state index is 0.114. The van der Waals surface area contributed by atoms with Gasteiger partial charge in [-0.2, -0.15) is 13.2 Å². The van der Waals surface area contributed by atoms with Gasteiger partial charge in [0.1, 0.15) is 5.75 Å². The quantitative estimate of drug-likeness (QED) is 0.879. The van der Waals surface area contributed by atoms with Gasteiger partial charge >= 0.3 is 6.18 Å². The molecule has 0 unspecified atom stereocenters. The van der Waals surface area contributed by atoms with Crippen LogP contribution >= 0.6 is 11.8 Å². The molecule has 2 heterocycles. The highest BCUT2D eigenvalue weighted by Crippen LogP contribution is 2.23. The fourth-order valence-electron chi connectivity index (χ4n) is 1.35.